The zero-order chi connectivity index (χ0) is 24.5. The molecule has 2 aromatic rings. The quantitative estimate of drug-likeness (QED) is 0.387. The van der Waals surface area contributed by atoms with Gasteiger partial charge < -0.3 is 26.2 Å². The van der Waals surface area contributed by atoms with E-state index in [0.717, 1.165) is 25.9 Å². The van der Waals surface area contributed by atoms with Gasteiger partial charge in [-0.05, 0) is 57.0 Å². The summed E-state index contributed by atoms with van der Waals surface area (Å²) in [6.45, 7) is 7.37. The van der Waals surface area contributed by atoms with Gasteiger partial charge in [-0.15, -0.1) is 0 Å². The number of hydrogen-bond acceptors (Lipinski definition) is 3. The molecule has 4 amide bonds. The Morgan fingerprint density at radius 2 is 1.79 bits per heavy atom. The predicted molar refractivity (Wildman–Crippen MR) is 139 cm³/mol. The number of carbonyl (C=O) groups excluding carboxylic acids is 2. The second-order valence-corrected chi connectivity index (χ2v) is 9.48. The summed E-state index contributed by atoms with van der Waals surface area (Å²) in [6, 6.07) is 13.3. The normalized spacial score (nSPS) is 16.2. The number of anilines is 1. The summed E-state index contributed by atoms with van der Waals surface area (Å²) >= 11 is 12.0. The van der Waals surface area contributed by atoms with E-state index in [4.69, 9.17) is 23.2 Å². The first-order valence-electron chi connectivity index (χ1n) is 11.7. The SMILES string of the molecule is CCNC(=O)N1CCC(NCCC(CNC(=O)Nc2cc(Cl)cc(Cl)c2)c2ccc(C)cc2)C1. The lowest BCUT2D eigenvalue weighted by Gasteiger charge is -2.21. The average molecular weight is 506 g/mol. The van der Waals surface area contributed by atoms with Crippen LogP contribution in [-0.4, -0.2) is 55.7 Å². The monoisotopic (exact) mass is 505 g/mol. The van der Waals surface area contributed by atoms with E-state index in [2.05, 4.69) is 52.5 Å². The Hall–Kier alpha value is -2.48. The number of carbonyl (C=O) groups is 2. The Labute approximate surface area is 211 Å². The molecular weight excluding hydrogens is 473 g/mol. The Morgan fingerprint density at radius 1 is 1.09 bits per heavy atom. The number of amides is 4. The van der Waals surface area contributed by atoms with Gasteiger partial charge in [0.05, 0.1) is 0 Å². The number of urea groups is 2. The Kier molecular flexibility index (Phi) is 9.86. The highest BCUT2D eigenvalue weighted by Crippen LogP contribution is 2.23. The maximum atomic E-state index is 12.5. The highest BCUT2D eigenvalue weighted by Gasteiger charge is 2.25. The van der Waals surface area contributed by atoms with Gasteiger partial charge >= 0.3 is 12.1 Å². The average Bonchev–Trinajstić information content (AvgIpc) is 3.25. The van der Waals surface area contributed by atoms with E-state index < -0.39 is 0 Å². The third kappa shape index (κ3) is 8.08. The maximum absolute atomic E-state index is 12.5. The van der Waals surface area contributed by atoms with E-state index in [-0.39, 0.29) is 24.0 Å². The summed E-state index contributed by atoms with van der Waals surface area (Å²) in [6.07, 6.45) is 1.79. The highest BCUT2D eigenvalue weighted by molar-refractivity contribution is 6.35. The van der Waals surface area contributed by atoms with Gasteiger partial charge in [0.1, 0.15) is 0 Å². The van der Waals surface area contributed by atoms with Crippen molar-refractivity contribution in [2.45, 2.75) is 38.6 Å². The molecule has 7 nitrogen and oxygen atoms in total. The van der Waals surface area contributed by atoms with Crippen molar-refractivity contribution in [2.75, 3.05) is 38.0 Å². The molecular formula is C25H33Cl2N5O2. The predicted octanol–water partition coefficient (Wildman–Crippen LogP) is 4.99. The first-order valence-corrected chi connectivity index (χ1v) is 12.4. The smallest absolute Gasteiger partial charge is 0.319 e. The molecule has 0 aliphatic carbocycles. The van der Waals surface area contributed by atoms with Crippen LogP contribution >= 0.6 is 23.2 Å². The lowest BCUT2D eigenvalue weighted by Crippen LogP contribution is -2.41. The number of hydrogen-bond donors (Lipinski definition) is 4. The van der Waals surface area contributed by atoms with Crippen molar-refractivity contribution in [3.8, 4) is 0 Å². The van der Waals surface area contributed by atoms with Crippen molar-refractivity contribution >= 4 is 41.0 Å². The minimum Gasteiger partial charge on any atom is -0.338 e. The standard InChI is InChI=1S/C25H33Cl2N5O2/c1-3-28-25(34)32-11-9-22(16-32)29-10-8-19(18-6-4-17(2)5-7-18)15-30-24(33)31-23-13-20(26)12-21(27)14-23/h4-7,12-14,19,22,29H,3,8-11,15-16H2,1-2H3,(H,28,34)(H2,30,31,33). The molecule has 0 spiro atoms. The highest BCUT2D eigenvalue weighted by atomic mass is 35.5. The minimum atomic E-state index is -0.309. The van der Waals surface area contributed by atoms with Crippen LogP contribution in [0, 0.1) is 6.92 Å². The molecule has 2 aromatic carbocycles. The molecule has 34 heavy (non-hydrogen) atoms. The van der Waals surface area contributed by atoms with Crippen LogP contribution in [0.25, 0.3) is 0 Å². The van der Waals surface area contributed by atoms with Crippen LogP contribution in [0.5, 0.6) is 0 Å². The van der Waals surface area contributed by atoms with Crippen LogP contribution in [0.4, 0.5) is 15.3 Å². The second kappa shape index (κ2) is 12.8. The second-order valence-electron chi connectivity index (χ2n) is 8.61. The zero-order valence-corrected chi connectivity index (χ0v) is 21.2. The fraction of sp³-hybridized carbons (Fsp3) is 0.440. The van der Waals surface area contributed by atoms with Gasteiger partial charge in [-0.3, -0.25) is 0 Å². The Morgan fingerprint density at radius 3 is 2.47 bits per heavy atom. The van der Waals surface area contributed by atoms with Crippen LogP contribution in [-0.2, 0) is 0 Å². The lowest BCUT2D eigenvalue weighted by atomic mass is 9.94. The number of benzene rings is 2. The molecule has 0 saturated carbocycles. The van der Waals surface area contributed by atoms with Gasteiger partial charge in [0.25, 0.3) is 0 Å². The summed E-state index contributed by atoms with van der Waals surface area (Å²) in [7, 11) is 0. The number of aryl methyl sites for hydroxylation is 1. The molecule has 0 radical (unpaired) electrons. The molecule has 1 heterocycles. The first kappa shape index (κ1) is 26.1. The van der Waals surface area contributed by atoms with E-state index in [1.165, 1.54) is 11.1 Å². The lowest BCUT2D eigenvalue weighted by molar-refractivity contribution is 0.208. The molecule has 2 atom stereocenters. The molecule has 4 N–H and O–H groups in total. The number of halogens is 2. The van der Waals surface area contributed by atoms with Gasteiger partial charge in [0, 0.05) is 53.9 Å². The summed E-state index contributed by atoms with van der Waals surface area (Å²) in [4.78, 5) is 26.4. The van der Waals surface area contributed by atoms with E-state index in [9.17, 15) is 9.59 Å². The Balaban J connectivity index is 1.53. The molecule has 0 bridgehead atoms. The van der Waals surface area contributed by atoms with Crippen molar-refractivity contribution in [3.05, 3.63) is 63.6 Å². The van der Waals surface area contributed by atoms with E-state index >= 15 is 0 Å². The van der Waals surface area contributed by atoms with Crippen LogP contribution in [0.3, 0.4) is 0 Å². The first-order chi connectivity index (χ1) is 16.3. The van der Waals surface area contributed by atoms with Gasteiger partial charge in [0.2, 0.25) is 0 Å². The topological polar surface area (TPSA) is 85.5 Å². The van der Waals surface area contributed by atoms with Crippen LogP contribution in [0.1, 0.15) is 36.8 Å². The number of likely N-dealkylation sites (tertiary alicyclic amines) is 1. The largest absolute Gasteiger partial charge is 0.338 e. The van der Waals surface area contributed by atoms with Crippen molar-refractivity contribution in [1.82, 2.24) is 20.9 Å². The van der Waals surface area contributed by atoms with Crippen LogP contribution < -0.4 is 21.3 Å². The van der Waals surface area contributed by atoms with E-state index in [1.54, 1.807) is 18.2 Å². The van der Waals surface area contributed by atoms with Crippen LogP contribution in [0.15, 0.2) is 42.5 Å². The summed E-state index contributed by atoms with van der Waals surface area (Å²) < 4.78 is 0. The summed E-state index contributed by atoms with van der Waals surface area (Å²) in [5, 5.41) is 13.1. The molecule has 1 aliphatic heterocycles. The summed E-state index contributed by atoms with van der Waals surface area (Å²) in [5.74, 6) is 0.141. The van der Waals surface area contributed by atoms with E-state index in [0.29, 0.717) is 35.4 Å². The van der Waals surface area contributed by atoms with Crippen molar-refractivity contribution in [2.24, 2.45) is 0 Å². The molecule has 1 aliphatic rings. The fourth-order valence-corrected chi connectivity index (χ4v) is 4.60. The van der Waals surface area contributed by atoms with Gasteiger partial charge in [-0.2, -0.15) is 0 Å². The summed E-state index contributed by atoms with van der Waals surface area (Å²) in [5.41, 5.74) is 2.91. The third-order valence-electron chi connectivity index (χ3n) is 5.91. The van der Waals surface area contributed by atoms with Gasteiger partial charge in [-0.1, -0.05) is 53.0 Å². The Bertz CT molecular complexity index is 950. The van der Waals surface area contributed by atoms with Crippen molar-refractivity contribution in [3.63, 3.8) is 0 Å². The third-order valence-corrected chi connectivity index (χ3v) is 6.34. The maximum Gasteiger partial charge on any atom is 0.319 e. The number of nitrogens with zero attached hydrogens (tertiary/aromatic N) is 1. The van der Waals surface area contributed by atoms with E-state index in [1.807, 2.05) is 11.8 Å². The number of nitrogens with one attached hydrogen (secondary N) is 4. The molecule has 9 heteroatoms. The molecule has 184 valence electrons. The zero-order valence-electron chi connectivity index (χ0n) is 19.7. The molecule has 2 unspecified atom stereocenters. The molecule has 1 fully saturated rings. The van der Waals surface area contributed by atoms with Gasteiger partial charge in [-0.25, -0.2) is 9.59 Å². The van der Waals surface area contributed by atoms with Crippen LogP contribution in [0.2, 0.25) is 10.0 Å². The molecule has 3 rings (SSSR count). The van der Waals surface area contributed by atoms with Gasteiger partial charge in [0.15, 0.2) is 0 Å². The number of rotatable bonds is 9. The van der Waals surface area contributed by atoms with Crippen molar-refractivity contribution < 1.29 is 9.59 Å². The molecule has 0 aromatic heterocycles. The van der Waals surface area contributed by atoms with Crippen molar-refractivity contribution in [1.29, 1.82) is 0 Å². The molecule has 1 saturated heterocycles. The fourth-order valence-electron chi connectivity index (χ4n) is 4.08. The minimum absolute atomic E-state index is 0.000496.